The first-order valence-electron chi connectivity index (χ1n) is 5.48. The van der Waals surface area contributed by atoms with E-state index in [1.807, 2.05) is 0 Å². The zero-order chi connectivity index (χ0) is 9.42. The number of Topliss-reactive ketones (excluding diaryl/α,β-unsaturated/α-hetero) is 1. The van der Waals surface area contributed by atoms with E-state index in [1.165, 1.54) is 19.3 Å². The lowest BCUT2D eigenvalue weighted by atomic mass is 9.84. The molecule has 1 aliphatic carbocycles. The van der Waals surface area contributed by atoms with Crippen LogP contribution in [0.25, 0.3) is 0 Å². The number of ketones is 1. The van der Waals surface area contributed by atoms with Crippen molar-refractivity contribution in [3.8, 4) is 0 Å². The number of piperidine rings is 1. The van der Waals surface area contributed by atoms with E-state index in [4.69, 9.17) is 0 Å². The molecule has 1 heterocycles. The first-order chi connectivity index (χ1) is 6.20. The lowest BCUT2D eigenvalue weighted by molar-refractivity contribution is -0.129. The predicted molar refractivity (Wildman–Crippen MR) is 52.6 cm³/mol. The maximum atomic E-state index is 11.5. The zero-order valence-corrected chi connectivity index (χ0v) is 8.62. The largest absolute Gasteiger partial charge is 0.299 e. The van der Waals surface area contributed by atoms with Gasteiger partial charge >= 0.3 is 0 Å². The van der Waals surface area contributed by atoms with Crippen molar-refractivity contribution in [2.75, 3.05) is 6.54 Å². The number of hydrogen-bond acceptors (Lipinski definition) is 2. The summed E-state index contributed by atoms with van der Waals surface area (Å²) in [5, 5.41) is 0. The predicted octanol–water partition coefficient (Wildman–Crippen LogP) is 1.84. The fourth-order valence-electron chi connectivity index (χ4n) is 2.46. The molecule has 2 rings (SSSR count). The van der Waals surface area contributed by atoms with Gasteiger partial charge in [-0.05, 0) is 19.8 Å². The Hall–Kier alpha value is -0.370. The van der Waals surface area contributed by atoms with Crippen molar-refractivity contribution in [2.24, 2.45) is 5.92 Å². The normalized spacial score (nSPS) is 37.5. The highest BCUT2D eigenvalue weighted by Crippen LogP contribution is 2.31. The van der Waals surface area contributed by atoms with Crippen LogP contribution in [0.5, 0.6) is 0 Å². The molecule has 13 heavy (non-hydrogen) atoms. The number of carbonyl (C=O) groups is 1. The molecule has 1 saturated carbocycles. The Balaban J connectivity index is 2.00. The number of rotatable bonds is 1. The van der Waals surface area contributed by atoms with E-state index in [1.54, 1.807) is 0 Å². The third-order valence-corrected chi connectivity index (χ3v) is 3.91. The molecule has 2 heteroatoms. The lowest BCUT2D eigenvalue weighted by Gasteiger charge is -2.45. The molecule has 2 fully saturated rings. The van der Waals surface area contributed by atoms with Gasteiger partial charge in [-0.2, -0.15) is 0 Å². The first-order valence-corrected chi connectivity index (χ1v) is 5.48. The fourth-order valence-corrected chi connectivity index (χ4v) is 2.46. The monoisotopic (exact) mass is 181 g/mol. The van der Waals surface area contributed by atoms with Crippen LogP contribution in [0.1, 0.15) is 39.5 Å². The molecule has 0 radical (unpaired) electrons. The molecule has 1 saturated heterocycles. The standard InChI is InChI=1S/C11H19NO/c1-8-9(2)12(7-6-11(8)13)10-4-3-5-10/h8-10H,3-7H2,1-2H3. The lowest BCUT2D eigenvalue weighted by Crippen LogP contribution is -2.53. The zero-order valence-electron chi connectivity index (χ0n) is 8.62. The van der Waals surface area contributed by atoms with Crippen molar-refractivity contribution < 1.29 is 4.79 Å². The minimum atomic E-state index is 0.259. The van der Waals surface area contributed by atoms with Crippen LogP contribution in [-0.4, -0.2) is 29.3 Å². The van der Waals surface area contributed by atoms with Gasteiger partial charge in [-0.3, -0.25) is 9.69 Å². The Kier molecular flexibility index (Phi) is 2.41. The van der Waals surface area contributed by atoms with Gasteiger partial charge in [0.25, 0.3) is 0 Å². The van der Waals surface area contributed by atoms with Crippen LogP contribution in [0.4, 0.5) is 0 Å². The highest BCUT2D eigenvalue weighted by atomic mass is 16.1. The second kappa shape index (κ2) is 3.41. The number of likely N-dealkylation sites (tertiary alicyclic amines) is 1. The van der Waals surface area contributed by atoms with Crippen molar-refractivity contribution in [1.29, 1.82) is 0 Å². The topological polar surface area (TPSA) is 20.3 Å². The molecule has 0 aromatic carbocycles. The molecular formula is C11H19NO. The quantitative estimate of drug-likeness (QED) is 0.615. The average molecular weight is 181 g/mol. The van der Waals surface area contributed by atoms with Gasteiger partial charge in [-0.1, -0.05) is 13.3 Å². The van der Waals surface area contributed by atoms with E-state index >= 15 is 0 Å². The van der Waals surface area contributed by atoms with Crippen molar-refractivity contribution >= 4 is 5.78 Å². The Bertz CT molecular complexity index is 210. The van der Waals surface area contributed by atoms with Gasteiger partial charge in [0, 0.05) is 31.0 Å². The van der Waals surface area contributed by atoms with E-state index in [9.17, 15) is 4.79 Å². The molecule has 1 aliphatic heterocycles. The van der Waals surface area contributed by atoms with Gasteiger partial charge < -0.3 is 0 Å². The van der Waals surface area contributed by atoms with Crippen molar-refractivity contribution in [1.82, 2.24) is 4.90 Å². The van der Waals surface area contributed by atoms with Crippen LogP contribution in [0.3, 0.4) is 0 Å². The molecule has 2 nitrogen and oxygen atoms in total. The van der Waals surface area contributed by atoms with Crippen molar-refractivity contribution in [2.45, 2.75) is 51.6 Å². The van der Waals surface area contributed by atoms with E-state index in [0.29, 0.717) is 11.8 Å². The molecule has 2 aliphatic rings. The van der Waals surface area contributed by atoms with Crippen molar-refractivity contribution in [3.05, 3.63) is 0 Å². The smallest absolute Gasteiger partial charge is 0.138 e. The molecule has 74 valence electrons. The van der Waals surface area contributed by atoms with Crippen LogP contribution in [-0.2, 0) is 4.79 Å². The summed E-state index contributed by atoms with van der Waals surface area (Å²) in [5.74, 6) is 0.720. The van der Waals surface area contributed by atoms with Crippen LogP contribution in [0.2, 0.25) is 0 Å². The molecule has 0 aromatic rings. The Labute approximate surface area is 80.3 Å². The molecule has 0 aromatic heterocycles. The number of hydrogen-bond donors (Lipinski definition) is 0. The molecule has 2 atom stereocenters. The minimum Gasteiger partial charge on any atom is -0.299 e. The van der Waals surface area contributed by atoms with Gasteiger partial charge in [-0.15, -0.1) is 0 Å². The van der Waals surface area contributed by atoms with Gasteiger partial charge in [0.1, 0.15) is 5.78 Å². The second-order valence-electron chi connectivity index (χ2n) is 4.57. The second-order valence-corrected chi connectivity index (χ2v) is 4.57. The summed E-state index contributed by atoms with van der Waals surface area (Å²) in [5.41, 5.74) is 0. The summed E-state index contributed by atoms with van der Waals surface area (Å²) in [7, 11) is 0. The molecule has 0 bridgehead atoms. The third-order valence-electron chi connectivity index (χ3n) is 3.91. The molecule has 0 N–H and O–H groups in total. The van der Waals surface area contributed by atoms with E-state index in [-0.39, 0.29) is 5.92 Å². The molecule has 2 unspecified atom stereocenters. The van der Waals surface area contributed by atoms with E-state index in [0.717, 1.165) is 19.0 Å². The third kappa shape index (κ3) is 1.52. The van der Waals surface area contributed by atoms with Crippen LogP contribution in [0.15, 0.2) is 0 Å². The van der Waals surface area contributed by atoms with Crippen LogP contribution >= 0.6 is 0 Å². The van der Waals surface area contributed by atoms with Crippen molar-refractivity contribution in [3.63, 3.8) is 0 Å². The highest BCUT2D eigenvalue weighted by Gasteiger charge is 2.36. The molecular weight excluding hydrogens is 162 g/mol. The van der Waals surface area contributed by atoms with Gasteiger partial charge in [-0.25, -0.2) is 0 Å². The van der Waals surface area contributed by atoms with E-state index < -0.39 is 0 Å². The average Bonchev–Trinajstić information content (AvgIpc) is 2.03. The van der Waals surface area contributed by atoms with Crippen LogP contribution < -0.4 is 0 Å². The summed E-state index contributed by atoms with van der Waals surface area (Å²) in [6.45, 7) is 5.30. The summed E-state index contributed by atoms with van der Waals surface area (Å²) in [4.78, 5) is 14.0. The SMILES string of the molecule is CC1C(=O)CCN(C2CCC2)C1C. The summed E-state index contributed by atoms with van der Waals surface area (Å²) in [6, 6.07) is 1.28. The summed E-state index contributed by atoms with van der Waals surface area (Å²) in [6.07, 6.45) is 4.87. The summed E-state index contributed by atoms with van der Waals surface area (Å²) >= 11 is 0. The highest BCUT2D eigenvalue weighted by molar-refractivity contribution is 5.82. The van der Waals surface area contributed by atoms with Gasteiger partial charge in [0.15, 0.2) is 0 Å². The van der Waals surface area contributed by atoms with Gasteiger partial charge in [0.05, 0.1) is 0 Å². The van der Waals surface area contributed by atoms with Gasteiger partial charge in [0.2, 0.25) is 0 Å². The summed E-state index contributed by atoms with van der Waals surface area (Å²) < 4.78 is 0. The van der Waals surface area contributed by atoms with Crippen LogP contribution in [0, 0.1) is 5.92 Å². The molecule has 0 spiro atoms. The Morgan fingerprint density at radius 1 is 1.31 bits per heavy atom. The number of nitrogens with zero attached hydrogens (tertiary/aromatic N) is 1. The maximum Gasteiger partial charge on any atom is 0.138 e. The Morgan fingerprint density at radius 3 is 2.54 bits per heavy atom. The first kappa shape index (κ1) is 9.20. The fraction of sp³-hybridized carbons (Fsp3) is 0.909. The number of carbonyl (C=O) groups excluding carboxylic acids is 1. The maximum absolute atomic E-state index is 11.5. The molecule has 0 amide bonds. The minimum absolute atomic E-state index is 0.259. The van der Waals surface area contributed by atoms with E-state index in [2.05, 4.69) is 18.7 Å². The Morgan fingerprint density at radius 2 is 2.00 bits per heavy atom.